The smallest absolute Gasteiger partial charge is 0.321 e. The summed E-state index contributed by atoms with van der Waals surface area (Å²) in [5.41, 5.74) is -0.429. The lowest BCUT2D eigenvalue weighted by atomic mass is 10.1. The highest BCUT2D eigenvalue weighted by molar-refractivity contribution is 5.95. The van der Waals surface area contributed by atoms with Crippen LogP contribution in [0.1, 0.15) is 33.6 Å². The molecule has 1 saturated heterocycles. The number of amides is 3. The minimum absolute atomic E-state index is 0. The number of nitrogens with zero attached hydrogens (tertiary/aromatic N) is 1. The van der Waals surface area contributed by atoms with Gasteiger partial charge in [0.2, 0.25) is 5.91 Å². The number of carbonyl (C=O) groups excluding carboxylic acids is 2. The highest BCUT2D eigenvalue weighted by Gasteiger charge is 2.31. The van der Waals surface area contributed by atoms with Gasteiger partial charge in [-0.25, -0.2) is 4.79 Å². The lowest BCUT2D eigenvalue weighted by Crippen LogP contribution is -2.51. The second kappa shape index (κ2) is 7.44. The number of carboxylic acid groups (broad SMARTS) is 1. The fourth-order valence-corrected chi connectivity index (χ4v) is 2.02. The molecule has 1 aliphatic rings. The summed E-state index contributed by atoms with van der Waals surface area (Å²) in [5, 5.41) is 13.8. The molecular formula is C12H22ClN3O4. The predicted octanol–water partition coefficient (Wildman–Crippen LogP) is 0.582. The molecule has 0 aromatic rings. The van der Waals surface area contributed by atoms with Gasteiger partial charge in [0.25, 0.3) is 0 Å². The van der Waals surface area contributed by atoms with Gasteiger partial charge in [-0.15, -0.1) is 12.4 Å². The van der Waals surface area contributed by atoms with Crippen molar-refractivity contribution in [2.24, 2.45) is 0 Å². The van der Waals surface area contributed by atoms with Crippen LogP contribution in [0.25, 0.3) is 0 Å². The van der Waals surface area contributed by atoms with Crippen LogP contribution in [0.5, 0.6) is 0 Å². The van der Waals surface area contributed by atoms with E-state index in [9.17, 15) is 14.4 Å². The number of rotatable bonds is 3. The van der Waals surface area contributed by atoms with Crippen molar-refractivity contribution in [2.45, 2.75) is 45.2 Å². The second-order valence-corrected chi connectivity index (χ2v) is 5.72. The van der Waals surface area contributed by atoms with Crippen LogP contribution in [-0.2, 0) is 9.59 Å². The van der Waals surface area contributed by atoms with Gasteiger partial charge in [-0.3, -0.25) is 19.8 Å². The maximum atomic E-state index is 11.7. The van der Waals surface area contributed by atoms with E-state index in [4.69, 9.17) is 5.11 Å². The molecule has 1 aliphatic heterocycles. The van der Waals surface area contributed by atoms with Crippen molar-refractivity contribution in [1.82, 2.24) is 15.5 Å². The summed E-state index contributed by atoms with van der Waals surface area (Å²) < 4.78 is 0. The number of nitrogens with one attached hydrogen (secondary N) is 2. The van der Waals surface area contributed by atoms with Gasteiger partial charge in [0, 0.05) is 5.54 Å². The molecule has 1 rings (SSSR count). The van der Waals surface area contributed by atoms with E-state index < -0.39 is 29.5 Å². The molecule has 20 heavy (non-hydrogen) atoms. The molecule has 0 spiro atoms. The van der Waals surface area contributed by atoms with Gasteiger partial charge >= 0.3 is 12.0 Å². The van der Waals surface area contributed by atoms with Crippen LogP contribution in [0.15, 0.2) is 0 Å². The molecule has 0 aromatic carbocycles. The van der Waals surface area contributed by atoms with E-state index >= 15 is 0 Å². The van der Waals surface area contributed by atoms with Crippen LogP contribution in [0, 0.1) is 0 Å². The summed E-state index contributed by atoms with van der Waals surface area (Å²) in [6.07, 6.45) is 1.29. The first-order valence-electron chi connectivity index (χ1n) is 6.28. The van der Waals surface area contributed by atoms with Crippen molar-refractivity contribution < 1.29 is 19.5 Å². The van der Waals surface area contributed by atoms with Crippen molar-refractivity contribution in [2.75, 3.05) is 13.1 Å². The summed E-state index contributed by atoms with van der Waals surface area (Å²) in [7, 11) is 0. The quantitative estimate of drug-likeness (QED) is 0.708. The highest BCUT2D eigenvalue weighted by atomic mass is 35.5. The van der Waals surface area contributed by atoms with E-state index in [1.54, 1.807) is 25.7 Å². The summed E-state index contributed by atoms with van der Waals surface area (Å²) >= 11 is 0. The molecule has 0 saturated carbocycles. The monoisotopic (exact) mass is 307 g/mol. The molecular weight excluding hydrogens is 286 g/mol. The van der Waals surface area contributed by atoms with Gasteiger partial charge in [0.1, 0.15) is 6.04 Å². The molecule has 116 valence electrons. The van der Waals surface area contributed by atoms with E-state index in [1.807, 2.05) is 0 Å². The molecule has 0 radical (unpaired) electrons. The maximum Gasteiger partial charge on any atom is 0.321 e. The first kappa shape index (κ1) is 18.7. The Morgan fingerprint density at radius 3 is 2.40 bits per heavy atom. The molecule has 0 bridgehead atoms. The lowest BCUT2D eigenvalue weighted by molar-refractivity contribution is -0.142. The minimum Gasteiger partial charge on any atom is -0.480 e. The molecule has 7 nitrogen and oxygen atoms in total. The third kappa shape index (κ3) is 6.21. The van der Waals surface area contributed by atoms with Crippen LogP contribution in [0.4, 0.5) is 4.79 Å². The minimum atomic E-state index is -0.926. The van der Waals surface area contributed by atoms with Gasteiger partial charge in [0.05, 0.1) is 6.54 Å². The number of likely N-dealkylation sites (tertiary alicyclic amines) is 1. The molecule has 0 unspecified atom stereocenters. The van der Waals surface area contributed by atoms with Crippen molar-refractivity contribution in [3.8, 4) is 0 Å². The zero-order valence-electron chi connectivity index (χ0n) is 11.9. The Morgan fingerprint density at radius 2 is 1.90 bits per heavy atom. The third-order valence-corrected chi connectivity index (χ3v) is 2.74. The summed E-state index contributed by atoms with van der Waals surface area (Å²) in [5.74, 6) is -1.42. The Hall–Kier alpha value is -1.34. The van der Waals surface area contributed by atoms with Gasteiger partial charge in [0.15, 0.2) is 0 Å². The van der Waals surface area contributed by atoms with Crippen molar-refractivity contribution in [1.29, 1.82) is 0 Å². The van der Waals surface area contributed by atoms with E-state index in [0.717, 1.165) is 6.42 Å². The fraction of sp³-hybridized carbons (Fsp3) is 0.750. The molecule has 8 heteroatoms. The van der Waals surface area contributed by atoms with Crippen LogP contribution >= 0.6 is 12.4 Å². The summed E-state index contributed by atoms with van der Waals surface area (Å²) in [6.45, 7) is 5.90. The number of hydrogen-bond acceptors (Lipinski definition) is 4. The average Bonchev–Trinajstić information content (AvgIpc) is 2.61. The highest BCUT2D eigenvalue weighted by Crippen LogP contribution is 2.16. The number of carboxylic acids is 1. The maximum absolute atomic E-state index is 11.7. The number of urea groups is 1. The Morgan fingerprint density at radius 1 is 1.30 bits per heavy atom. The Kier molecular flexibility index (Phi) is 6.95. The SMILES string of the molecule is CC(C)(C)NC(=O)NC(=O)CN1CCC[C@H]1C(=O)O.Cl. The standard InChI is InChI=1S/C12H21N3O4.ClH/c1-12(2,3)14-11(19)13-9(16)7-15-6-4-5-8(15)10(17)18;/h8H,4-7H2,1-3H3,(H,17,18)(H2,13,14,16,19);1H/t8-;/m0./s1. The molecule has 1 atom stereocenters. The van der Waals surface area contributed by atoms with Crippen molar-refractivity contribution >= 4 is 30.3 Å². The second-order valence-electron chi connectivity index (χ2n) is 5.72. The Labute approximate surface area is 124 Å². The van der Waals surface area contributed by atoms with Crippen LogP contribution < -0.4 is 10.6 Å². The number of halogens is 1. The predicted molar refractivity (Wildman–Crippen MR) is 75.9 cm³/mol. The molecule has 1 fully saturated rings. The van der Waals surface area contributed by atoms with Crippen LogP contribution in [-0.4, -0.2) is 52.6 Å². The van der Waals surface area contributed by atoms with E-state index in [0.29, 0.717) is 13.0 Å². The zero-order valence-corrected chi connectivity index (χ0v) is 12.7. The summed E-state index contributed by atoms with van der Waals surface area (Å²) in [6, 6.07) is -1.19. The fourth-order valence-electron chi connectivity index (χ4n) is 2.02. The van der Waals surface area contributed by atoms with Gasteiger partial charge in [-0.05, 0) is 40.2 Å². The molecule has 0 aliphatic carbocycles. The third-order valence-electron chi connectivity index (χ3n) is 2.74. The topological polar surface area (TPSA) is 98.7 Å². The van der Waals surface area contributed by atoms with Crippen molar-refractivity contribution in [3.05, 3.63) is 0 Å². The molecule has 3 N–H and O–H groups in total. The Bertz CT molecular complexity index is 381. The number of hydrogen-bond donors (Lipinski definition) is 3. The van der Waals surface area contributed by atoms with E-state index in [1.165, 1.54) is 0 Å². The lowest BCUT2D eigenvalue weighted by Gasteiger charge is -2.22. The van der Waals surface area contributed by atoms with Crippen molar-refractivity contribution in [3.63, 3.8) is 0 Å². The van der Waals surface area contributed by atoms with Gasteiger partial charge in [-0.2, -0.15) is 0 Å². The van der Waals surface area contributed by atoms with Crippen LogP contribution in [0.3, 0.4) is 0 Å². The summed E-state index contributed by atoms with van der Waals surface area (Å²) in [4.78, 5) is 35.7. The van der Waals surface area contributed by atoms with E-state index in [2.05, 4.69) is 10.6 Å². The van der Waals surface area contributed by atoms with Gasteiger partial charge < -0.3 is 10.4 Å². The first-order chi connectivity index (χ1) is 8.69. The largest absolute Gasteiger partial charge is 0.480 e. The first-order valence-corrected chi connectivity index (χ1v) is 6.28. The average molecular weight is 308 g/mol. The zero-order chi connectivity index (χ0) is 14.6. The van der Waals surface area contributed by atoms with Crippen LogP contribution in [0.2, 0.25) is 0 Å². The van der Waals surface area contributed by atoms with E-state index in [-0.39, 0.29) is 19.0 Å². The number of carbonyl (C=O) groups is 3. The number of aliphatic carboxylic acids is 1. The number of imide groups is 1. The Balaban J connectivity index is 0.00000361. The molecule has 3 amide bonds. The molecule has 0 aromatic heterocycles. The van der Waals surface area contributed by atoms with Gasteiger partial charge in [-0.1, -0.05) is 0 Å². The molecule has 1 heterocycles. The normalized spacial score (nSPS) is 19.1.